The third kappa shape index (κ3) is 3.78. The van der Waals surface area contributed by atoms with Gasteiger partial charge in [0.2, 0.25) is 11.8 Å². The Balaban J connectivity index is 1.30. The fraction of sp³-hybridized carbons (Fsp3) is 0.529. The molecule has 1 aliphatic heterocycles. The summed E-state index contributed by atoms with van der Waals surface area (Å²) in [6.45, 7) is 2.86. The van der Waals surface area contributed by atoms with Gasteiger partial charge >= 0.3 is 0 Å². The van der Waals surface area contributed by atoms with Crippen molar-refractivity contribution in [1.29, 1.82) is 0 Å². The van der Waals surface area contributed by atoms with E-state index in [2.05, 4.69) is 15.2 Å². The Labute approximate surface area is 154 Å². The van der Waals surface area contributed by atoms with Gasteiger partial charge < -0.3 is 10.2 Å². The smallest absolute Gasteiger partial charge is 0.262 e. The third-order valence-corrected chi connectivity index (χ3v) is 5.61. The quantitative estimate of drug-likeness (QED) is 0.787. The van der Waals surface area contributed by atoms with Gasteiger partial charge in [0.15, 0.2) is 0 Å². The molecular formula is C17H21N5O3S. The molecule has 0 atom stereocenters. The largest absolute Gasteiger partial charge is 0.352 e. The van der Waals surface area contributed by atoms with Crippen LogP contribution in [-0.2, 0) is 16.1 Å². The van der Waals surface area contributed by atoms with E-state index < -0.39 is 0 Å². The molecule has 2 aliphatic rings. The minimum Gasteiger partial charge on any atom is -0.352 e. The van der Waals surface area contributed by atoms with Crippen LogP contribution < -0.4 is 10.9 Å². The molecule has 1 N–H and O–H groups in total. The molecule has 1 aliphatic carbocycles. The summed E-state index contributed by atoms with van der Waals surface area (Å²) in [6.07, 6.45) is 3.61. The summed E-state index contributed by atoms with van der Waals surface area (Å²) < 4.78 is 1.37. The van der Waals surface area contributed by atoms with Crippen molar-refractivity contribution < 1.29 is 9.59 Å². The van der Waals surface area contributed by atoms with Crippen LogP contribution in [0.5, 0.6) is 0 Å². The van der Waals surface area contributed by atoms with E-state index in [1.807, 2.05) is 5.38 Å². The monoisotopic (exact) mass is 375 g/mol. The highest BCUT2D eigenvalue weighted by molar-refractivity contribution is 7.16. The lowest BCUT2D eigenvalue weighted by molar-refractivity contribution is -0.134. The van der Waals surface area contributed by atoms with Crippen molar-refractivity contribution >= 4 is 33.4 Å². The van der Waals surface area contributed by atoms with E-state index in [9.17, 15) is 14.4 Å². The number of fused-ring (bicyclic) bond motifs is 1. The van der Waals surface area contributed by atoms with Crippen LogP contribution in [0.15, 0.2) is 22.6 Å². The van der Waals surface area contributed by atoms with E-state index in [-0.39, 0.29) is 23.9 Å². The molecule has 0 spiro atoms. The number of nitrogens with one attached hydrogen (secondary N) is 1. The number of nitrogens with zero attached hydrogens (tertiary/aromatic N) is 4. The van der Waals surface area contributed by atoms with Crippen LogP contribution in [0.4, 0.5) is 0 Å². The molecule has 0 bridgehead atoms. The molecule has 0 radical (unpaired) electrons. The number of amides is 2. The van der Waals surface area contributed by atoms with Gasteiger partial charge in [0.25, 0.3) is 5.56 Å². The summed E-state index contributed by atoms with van der Waals surface area (Å²) in [5.74, 6) is -0.0282. The second-order valence-electron chi connectivity index (χ2n) is 6.82. The van der Waals surface area contributed by atoms with Crippen molar-refractivity contribution in [2.75, 3.05) is 32.7 Å². The van der Waals surface area contributed by atoms with Crippen molar-refractivity contribution in [1.82, 2.24) is 24.7 Å². The minimum atomic E-state index is -0.181. The van der Waals surface area contributed by atoms with Crippen molar-refractivity contribution in [2.45, 2.75) is 25.4 Å². The maximum absolute atomic E-state index is 12.5. The zero-order chi connectivity index (χ0) is 18.1. The van der Waals surface area contributed by atoms with Gasteiger partial charge in [-0.1, -0.05) is 0 Å². The molecule has 138 valence electrons. The van der Waals surface area contributed by atoms with E-state index in [1.165, 1.54) is 22.2 Å². The molecule has 1 saturated heterocycles. The van der Waals surface area contributed by atoms with Crippen LogP contribution >= 0.6 is 11.3 Å². The van der Waals surface area contributed by atoms with Gasteiger partial charge in [-0.3, -0.25) is 23.9 Å². The van der Waals surface area contributed by atoms with Gasteiger partial charge in [-0.15, -0.1) is 11.3 Å². The molecule has 2 amide bonds. The highest BCUT2D eigenvalue weighted by atomic mass is 32.1. The molecule has 4 rings (SSSR count). The molecule has 2 aromatic heterocycles. The summed E-state index contributed by atoms with van der Waals surface area (Å²) in [4.78, 5) is 45.5. The highest BCUT2D eigenvalue weighted by Gasteiger charge is 2.26. The van der Waals surface area contributed by atoms with Crippen LogP contribution in [0.2, 0.25) is 0 Å². The molecule has 8 nitrogen and oxygen atoms in total. The Kier molecular flexibility index (Phi) is 4.73. The van der Waals surface area contributed by atoms with Gasteiger partial charge in [-0.2, -0.15) is 0 Å². The fourth-order valence-corrected chi connectivity index (χ4v) is 3.83. The maximum Gasteiger partial charge on any atom is 0.262 e. The standard InChI is InChI=1S/C17H21N5O3S/c23-14(19-12-1-2-12)9-20-4-6-21(7-5-20)15(24)10-22-11-18-16-13(17(22)25)3-8-26-16/h3,8,11-12H,1-2,4-7,9-10H2,(H,19,23). The summed E-state index contributed by atoms with van der Waals surface area (Å²) in [5, 5.41) is 5.36. The Morgan fingerprint density at radius 2 is 1.96 bits per heavy atom. The second-order valence-corrected chi connectivity index (χ2v) is 7.71. The van der Waals surface area contributed by atoms with Crippen LogP contribution in [0.3, 0.4) is 0 Å². The first kappa shape index (κ1) is 17.2. The molecule has 2 aromatic rings. The molecule has 9 heteroatoms. The van der Waals surface area contributed by atoms with Gasteiger partial charge in [-0.05, 0) is 24.3 Å². The minimum absolute atomic E-state index is 0.000212. The number of rotatable bonds is 5. The van der Waals surface area contributed by atoms with Crippen molar-refractivity contribution in [3.05, 3.63) is 28.1 Å². The zero-order valence-electron chi connectivity index (χ0n) is 14.4. The predicted octanol–water partition coefficient (Wildman–Crippen LogP) is -0.119. The van der Waals surface area contributed by atoms with Crippen LogP contribution in [0, 0.1) is 0 Å². The molecule has 1 saturated carbocycles. The van der Waals surface area contributed by atoms with Crippen LogP contribution in [0.25, 0.3) is 10.2 Å². The summed E-state index contributed by atoms with van der Waals surface area (Å²) in [5.41, 5.74) is -0.181. The first-order chi connectivity index (χ1) is 12.6. The van der Waals surface area contributed by atoms with Crippen molar-refractivity contribution in [2.24, 2.45) is 0 Å². The average molecular weight is 375 g/mol. The molecule has 2 fully saturated rings. The number of piperazine rings is 1. The average Bonchev–Trinajstić information content (AvgIpc) is 3.30. The molecular weight excluding hydrogens is 354 g/mol. The van der Waals surface area contributed by atoms with E-state index in [4.69, 9.17) is 0 Å². The fourth-order valence-electron chi connectivity index (χ4n) is 3.11. The molecule has 26 heavy (non-hydrogen) atoms. The van der Waals surface area contributed by atoms with E-state index >= 15 is 0 Å². The lowest BCUT2D eigenvalue weighted by atomic mass is 10.3. The lowest BCUT2D eigenvalue weighted by Crippen LogP contribution is -2.52. The number of hydrogen-bond donors (Lipinski definition) is 1. The number of thiophene rings is 1. The van der Waals surface area contributed by atoms with Crippen molar-refractivity contribution in [3.8, 4) is 0 Å². The molecule has 0 aromatic carbocycles. The van der Waals surface area contributed by atoms with E-state index in [0.717, 1.165) is 12.8 Å². The Morgan fingerprint density at radius 1 is 1.19 bits per heavy atom. The van der Waals surface area contributed by atoms with E-state index in [0.29, 0.717) is 49.0 Å². The number of aromatic nitrogens is 2. The molecule has 3 heterocycles. The summed E-state index contributed by atoms with van der Waals surface area (Å²) in [7, 11) is 0. The van der Waals surface area contributed by atoms with E-state index in [1.54, 1.807) is 11.0 Å². The highest BCUT2D eigenvalue weighted by Crippen LogP contribution is 2.18. The Hall–Kier alpha value is -2.26. The first-order valence-corrected chi connectivity index (χ1v) is 9.70. The maximum atomic E-state index is 12.5. The molecule has 0 unspecified atom stereocenters. The SMILES string of the molecule is O=C(CN1CCN(C(=O)Cn2cnc3sccc3c2=O)CC1)NC1CC1. The van der Waals surface area contributed by atoms with Crippen LogP contribution in [0.1, 0.15) is 12.8 Å². The third-order valence-electron chi connectivity index (χ3n) is 4.79. The summed E-state index contributed by atoms with van der Waals surface area (Å²) in [6, 6.07) is 2.11. The lowest BCUT2D eigenvalue weighted by Gasteiger charge is -2.34. The number of carbonyl (C=O) groups is 2. The normalized spacial score (nSPS) is 18.2. The van der Waals surface area contributed by atoms with Gasteiger partial charge in [0, 0.05) is 32.2 Å². The van der Waals surface area contributed by atoms with Gasteiger partial charge in [0.1, 0.15) is 11.4 Å². The first-order valence-electron chi connectivity index (χ1n) is 8.82. The van der Waals surface area contributed by atoms with Crippen molar-refractivity contribution in [3.63, 3.8) is 0 Å². The van der Waals surface area contributed by atoms with Crippen LogP contribution in [-0.4, -0.2) is 69.9 Å². The number of hydrogen-bond acceptors (Lipinski definition) is 6. The number of carbonyl (C=O) groups excluding carboxylic acids is 2. The predicted molar refractivity (Wildman–Crippen MR) is 98.1 cm³/mol. The second kappa shape index (κ2) is 7.16. The van der Waals surface area contributed by atoms with Gasteiger partial charge in [-0.25, -0.2) is 4.98 Å². The summed E-state index contributed by atoms with van der Waals surface area (Å²) >= 11 is 1.41. The Bertz CT molecular complexity index is 880. The van der Waals surface area contributed by atoms with Gasteiger partial charge in [0.05, 0.1) is 18.3 Å². The zero-order valence-corrected chi connectivity index (χ0v) is 15.2. The topological polar surface area (TPSA) is 87.5 Å². The Morgan fingerprint density at radius 3 is 2.69 bits per heavy atom.